The molecule has 0 heterocycles. The molecule has 58 valence electrons. The molecule has 0 unspecified atom stereocenters. The van der Waals surface area contributed by atoms with Crippen LogP contribution < -0.4 is 0 Å². The lowest BCUT2D eigenvalue weighted by Gasteiger charge is -1.96. The summed E-state index contributed by atoms with van der Waals surface area (Å²) in [7, 11) is 0. The van der Waals surface area contributed by atoms with Crippen molar-refractivity contribution in [1.82, 2.24) is 0 Å². The van der Waals surface area contributed by atoms with Crippen LogP contribution in [0.1, 0.15) is 13.3 Å². The Morgan fingerprint density at radius 2 is 2.40 bits per heavy atom. The number of hydrogen-bond acceptors (Lipinski definition) is 2. The highest BCUT2D eigenvalue weighted by atomic mass is 19.1. The van der Waals surface area contributed by atoms with Crippen molar-refractivity contribution < 1.29 is 13.9 Å². The highest BCUT2D eigenvalue weighted by Gasteiger charge is 1.93. The van der Waals surface area contributed by atoms with Crippen LogP contribution in [0.3, 0.4) is 0 Å². The van der Waals surface area contributed by atoms with Crippen LogP contribution in [0.4, 0.5) is 4.39 Å². The van der Waals surface area contributed by atoms with Gasteiger partial charge in [0.05, 0.1) is 13.3 Å². The van der Waals surface area contributed by atoms with Crippen LogP contribution in [-0.4, -0.2) is 19.3 Å². The molecule has 10 heavy (non-hydrogen) atoms. The second-order valence-electron chi connectivity index (χ2n) is 1.71. The predicted molar refractivity (Wildman–Crippen MR) is 36.4 cm³/mol. The first-order chi connectivity index (χ1) is 4.81. The first-order valence-corrected chi connectivity index (χ1v) is 3.16. The first-order valence-electron chi connectivity index (χ1n) is 3.16. The van der Waals surface area contributed by atoms with Gasteiger partial charge in [0.2, 0.25) is 0 Å². The van der Waals surface area contributed by atoms with E-state index in [0.29, 0.717) is 0 Å². The van der Waals surface area contributed by atoms with Crippen molar-refractivity contribution in [3.8, 4) is 0 Å². The molecule has 0 N–H and O–H groups in total. The molecule has 0 aromatic heterocycles. The number of rotatable bonds is 4. The molecule has 0 fully saturated rings. The van der Waals surface area contributed by atoms with E-state index in [1.54, 1.807) is 13.0 Å². The van der Waals surface area contributed by atoms with Crippen LogP contribution >= 0.6 is 0 Å². The van der Waals surface area contributed by atoms with Crippen LogP contribution in [0, 0.1) is 0 Å². The largest absolute Gasteiger partial charge is 0.462 e. The number of carbonyl (C=O) groups is 1. The van der Waals surface area contributed by atoms with Gasteiger partial charge in [-0.05, 0) is 6.92 Å². The number of alkyl halides is 1. The zero-order chi connectivity index (χ0) is 7.82. The highest BCUT2D eigenvalue weighted by molar-refractivity contribution is 5.81. The Morgan fingerprint density at radius 1 is 1.70 bits per heavy atom. The van der Waals surface area contributed by atoms with Crippen LogP contribution in [-0.2, 0) is 9.53 Å². The van der Waals surface area contributed by atoms with Crippen molar-refractivity contribution in [2.24, 2.45) is 0 Å². The van der Waals surface area contributed by atoms with Crippen molar-refractivity contribution in [2.45, 2.75) is 13.3 Å². The van der Waals surface area contributed by atoms with Gasteiger partial charge in [-0.1, -0.05) is 6.08 Å². The summed E-state index contributed by atoms with van der Waals surface area (Å²) in [5.74, 6) is -0.407. The number of esters is 1. The lowest BCUT2D eigenvalue weighted by atomic mass is 10.5. The predicted octanol–water partition coefficient (Wildman–Crippen LogP) is 1.47. The Bertz CT molecular complexity index is 121. The molecule has 0 aliphatic rings. The molecule has 0 radical (unpaired) electrons. The zero-order valence-corrected chi connectivity index (χ0v) is 5.97. The molecule has 0 bridgehead atoms. The topological polar surface area (TPSA) is 26.3 Å². The Labute approximate surface area is 59.7 Å². The van der Waals surface area contributed by atoms with Gasteiger partial charge in [0.15, 0.2) is 0 Å². The monoisotopic (exact) mass is 146 g/mol. The molecular formula is C7H11FO2. The maximum Gasteiger partial charge on any atom is 0.330 e. The average Bonchev–Trinajstić information content (AvgIpc) is 1.89. The molecule has 0 aromatic carbocycles. The fraction of sp³-hybridized carbons (Fsp3) is 0.571. The minimum atomic E-state index is -0.441. The van der Waals surface area contributed by atoms with Gasteiger partial charge in [0.25, 0.3) is 0 Å². The van der Waals surface area contributed by atoms with E-state index in [1.807, 2.05) is 0 Å². The normalized spacial score (nSPS) is 10.2. The smallest absolute Gasteiger partial charge is 0.330 e. The Kier molecular flexibility index (Phi) is 5.72. The van der Waals surface area contributed by atoms with Crippen LogP contribution in [0.5, 0.6) is 0 Å². The molecule has 0 aromatic rings. The van der Waals surface area contributed by atoms with Gasteiger partial charge < -0.3 is 4.74 Å². The van der Waals surface area contributed by atoms with E-state index >= 15 is 0 Å². The summed E-state index contributed by atoms with van der Waals surface area (Å²) in [6.07, 6.45) is 3.17. The molecule has 0 aliphatic heterocycles. The number of hydrogen-bond donors (Lipinski definition) is 0. The van der Waals surface area contributed by atoms with Crippen molar-refractivity contribution in [1.29, 1.82) is 0 Å². The first kappa shape index (κ1) is 9.14. The summed E-state index contributed by atoms with van der Waals surface area (Å²) in [4.78, 5) is 10.5. The number of halogens is 1. The molecule has 0 spiro atoms. The molecule has 0 amide bonds. The SMILES string of the molecule is C/C=C/C(=O)OCCCF. The van der Waals surface area contributed by atoms with E-state index in [0.717, 1.165) is 0 Å². The summed E-state index contributed by atoms with van der Waals surface area (Å²) >= 11 is 0. The van der Waals surface area contributed by atoms with Crippen LogP contribution in [0.2, 0.25) is 0 Å². The number of ether oxygens (including phenoxy) is 1. The van der Waals surface area contributed by atoms with Crippen molar-refractivity contribution in [3.05, 3.63) is 12.2 Å². The van der Waals surface area contributed by atoms with Gasteiger partial charge in [0, 0.05) is 12.5 Å². The Balaban J connectivity index is 3.22. The standard InChI is InChI=1S/C7H11FO2/c1-2-4-7(9)10-6-3-5-8/h2,4H,3,5-6H2,1H3/b4-2+. The van der Waals surface area contributed by atoms with E-state index < -0.39 is 12.6 Å². The second-order valence-corrected chi connectivity index (χ2v) is 1.71. The van der Waals surface area contributed by atoms with Gasteiger partial charge in [-0.2, -0.15) is 0 Å². The number of allylic oxidation sites excluding steroid dienone is 1. The van der Waals surface area contributed by atoms with Crippen LogP contribution in [0.25, 0.3) is 0 Å². The van der Waals surface area contributed by atoms with Gasteiger partial charge in [0.1, 0.15) is 0 Å². The Morgan fingerprint density at radius 3 is 2.90 bits per heavy atom. The summed E-state index contributed by atoms with van der Waals surface area (Å²) in [5, 5.41) is 0. The molecule has 0 saturated heterocycles. The lowest BCUT2D eigenvalue weighted by molar-refractivity contribution is -0.137. The van der Waals surface area contributed by atoms with E-state index in [1.165, 1.54) is 6.08 Å². The summed E-state index contributed by atoms with van der Waals surface area (Å²) in [6, 6.07) is 0. The zero-order valence-electron chi connectivity index (χ0n) is 5.97. The van der Waals surface area contributed by atoms with Gasteiger partial charge in [-0.15, -0.1) is 0 Å². The minimum Gasteiger partial charge on any atom is -0.462 e. The van der Waals surface area contributed by atoms with E-state index in [4.69, 9.17) is 0 Å². The van der Waals surface area contributed by atoms with Crippen molar-refractivity contribution >= 4 is 5.97 Å². The molecule has 2 nitrogen and oxygen atoms in total. The quantitative estimate of drug-likeness (QED) is 0.341. The molecule has 3 heteroatoms. The van der Waals surface area contributed by atoms with E-state index in [2.05, 4.69) is 4.74 Å². The Hall–Kier alpha value is -0.860. The van der Waals surface area contributed by atoms with Crippen LogP contribution in [0.15, 0.2) is 12.2 Å². The van der Waals surface area contributed by atoms with Crippen molar-refractivity contribution in [2.75, 3.05) is 13.3 Å². The lowest BCUT2D eigenvalue weighted by Crippen LogP contribution is -2.02. The van der Waals surface area contributed by atoms with Crippen molar-refractivity contribution in [3.63, 3.8) is 0 Å². The van der Waals surface area contributed by atoms with E-state index in [9.17, 15) is 9.18 Å². The highest BCUT2D eigenvalue weighted by Crippen LogP contribution is 1.85. The van der Waals surface area contributed by atoms with Gasteiger partial charge in [-0.25, -0.2) is 4.79 Å². The minimum absolute atomic E-state index is 0.166. The molecule has 0 aliphatic carbocycles. The summed E-state index contributed by atoms with van der Waals surface area (Å²) < 4.78 is 16.0. The van der Waals surface area contributed by atoms with Gasteiger partial charge in [-0.3, -0.25) is 4.39 Å². The fourth-order valence-electron chi connectivity index (χ4n) is 0.412. The molecular weight excluding hydrogens is 135 g/mol. The summed E-state index contributed by atoms with van der Waals surface area (Å²) in [5.41, 5.74) is 0. The average molecular weight is 146 g/mol. The second kappa shape index (κ2) is 6.26. The maximum atomic E-state index is 11.4. The van der Waals surface area contributed by atoms with E-state index in [-0.39, 0.29) is 13.0 Å². The third-order valence-electron chi connectivity index (χ3n) is 0.825. The molecule has 0 rings (SSSR count). The fourth-order valence-corrected chi connectivity index (χ4v) is 0.412. The number of carbonyl (C=O) groups excluding carboxylic acids is 1. The third kappa shape index (κ3) is 5.28. The summed E-state index contributed by atoms with van der Waals surface area (Å²) in [6.45, 7) is 1.44. The third-order valence-corrected chi connectivity index (χ3v) is 0.825. The molecule has 0 saturated carbocycles. The maximum absolute atomic E-state index is 11.4. The van der Waals surface area contributed by atoms with Gasteiger partial charge >= 0.3 is 5.97 Å². The molecule has 0 atom stereocenters.